The number of thioether (sulfide) groups is 1. The van der Waals surface area contributed by atoms with Gasteiger partial charge in [-0.15, -0.1) is 0 Å². The number of benzene rings is 2. The molecule has 29 heavy (non-hydrogen) atoms. The lowest BCUT2D eigenvalue weighted by molar-refractivity contribution is -0.113. The molecule has 2 aromatic carbocycles. The van der Waals surface area contributed by atoms with Crippen molar-refractivity contribution in [2.45, 2.75) is 5.16 Å². The van der Waals surface area contributed by atoms with Crippen LogP contribution in [0.5, 0.6) is 0 Å². The van der Waals surface area contributed by atoms with E-state index in [2.05, 4.69) is 15.3 Å². The number of aromatic amines is 1. The minimum Gasteiger partial charge on any atom is -0.355 e. The molecule has 0 bridgehead atoms. The molecule has 2 aromatic heterocycles. The van der Waals surface area contributed by atoms with Crippen molar-refractivity contribution < 1.29 is 4.79 Å². The Morgan fingerprint density at radius 1 is 1.17 bits per heavy atom. The minimum atomic E-state index is -0.191. The van der Waals surface area contributed by atoms with Crippen LogP contribution in [0.3, 0.4) is 0 Å². The number of amides is 1. The van der Waals surface area contributed by atoms with Crippen molar-refractivity contribution in [3.05, 3.63) is 76.2 Å². The summed E-state index contributed by atoms with van der Waals surface area (Å²) < 4.78 is 1.45. The number of hydrogen-bond acceptors (Lipinski definition) is 4. The highest BCUT2D eigenvalue weighted by atomic mass is 35.5. The van der Waals surface area contributed by atoms with E-state index in [-0.39, 0.29) is 17.2 Å². The smallest absolute Gasteiger partial charge is 0.278 e. The maximum Gasteiger partial charge on any atom is 0.278 e. The fourth-order valence-corrected chi connectivity index (χ4v) is 3.84. The third-order valence-electron chi connectivity index (χ3n) is 4.41. The van der Waals surface area contributed by atoms with Crippen LogP contribution < -0.4 is 10.9 Å². The van der Waals surface area contributed by atoms with Crippen LogP contribution in [0.25, 0.3) is 22.2 Å². The lowest BCUT2D eigenvalue weighted by atomic mass is 10.1. The highest BCUT2D eigenvalue weighted by Gasteiger charge is 2.16. The Kier molecular flexibility index (Phi) is 5.42. The second kappa shape index (κ2) is 8.14. The number of aromatic nitrogens is 3. The summed E-state index contributed by atoms with van der Waals surface area (Å²) in [5.41, 5.74) is 3.34. The largest absolute Gasteiger partial charge is 0.355 e. The van der Waals surface area contributed by atoms with Crippen LogP contribution in [0.15, 0.2) is 70.7 Å². The van der Waals surface area contributed by atoms with Gasteiger partial charge in [-0.25, -0.2) is 4.98 Å². The molecular weight excluding hydrogens is 408 g/mol. The molecule has 2 N–H and O–H groups in total. The minimum absolute atomic E-state index is 0.125. The predicted molar refractivity (Wildman–Crippen MR) is 118 cm³/mol. The highest BCUT2D eigenvalue weighted by Crippen LogP contribution is 2.27. The first-order valence-electron chi connectivity index (χ1n) is 8.84. The molecule has 0 unspecified atom stereocenters. The Labute approximate surface area is 175 Å². The summed E-state index contributed by atoms with van der Waals surface area (Å²) in [5, 5.41) is 3.88. The van der Waals surface area contributed by atoms with Gasteiger partial charge in [-0.3, -0.25) is 14.2 Å². The first kappa shape index (κ1) is 19.3. The van der Waals surface area contributed by atoms with Crippen molar-refractivity contribution in [1.29, 1.82) is 0 Å². The average molecular weight is 425 g/mol. The van der Waals surface area contributed by atoms with Gasteiger partial charge in [0.2, 0.25) is 5.91 Å². The molecule has 8 heteroatoms. The number of rotatable bonds is 5. The maximum atomic E-state index is 12.7. The normalized spacial score (nSPS) is 11.0. The number of hydrogen-bond donors (Lipinski definition) is 2. The van der Waals surface area contributed by atoms with Crippen molar-refractivity contribution in [2.24, 2.45) is 7.05 Å². The van der Waals surface area contributed by atoms with Gasteiger partial charge >= 0.3 is 0 Å². The molecule has 0 saturated heterocycles. The van der Waals surface area contributed by atoms with Gasteiger partial charge in [0.25, 0.3) is 5.56 Å². The number of H-pyrrole nitrogens is 1. The fraction of sp³-hybridized carbons (Fsp3) is 0.0952. The molecule has 0 fully saturated rings. The van der Waals surface area contributed by atoms with Crippen LogP contribution in [0.1, 0.15) is 0 Å². The van der Waals surface area contributed by atoms with E-state index < -0.39 is 0 Å². The number of fused-ring (bicyclic) bond motifs is 1. The van der Waals surface area contributed by atoms with Gasteiger partial charge in [0.05, 0.1) is 5.75 Å². The summed E-state index contributed by atoms with van der Waals surface area (Å²) in [4.78, 5) is 32.7. The Hall–Kier alpha value is -3.03. The zero-order valence-electron chi connectivity index (χ0n) is 15.5. The summed E-state index contributed by atoms with van der Waals surface area (Å²) in [6.45, 7) is 0. The number of nitrogens with one attached hydrogen (secondary N) is 2. The van der Waals surface area contributed by atoms with Crippen molar-refractivity contribution in [3.8, 4) is 11.1 Å². The monoisotopic (exact) mass is 424 g/mol. The van der Waals surface area contributed by atoms with Crippen LogP contribution >= 0.6 is 23.4 Å². The van der Waals surface area contributed by atoms with Crippen molar-refractivity contribution in [3.63, 3.8) is 0 Å². The fourth-order valence-electron chi connectivity index (χ4n) is 2.95. The molecule has 0 aliphatic carbocycles. The standard InChI is InChI=1S/C21H17ClN4O2S/c1-26-20(28)19-18(16(11-23-19)13-5-3-2-4-6-13)25-21(26)29-12-17(27)24-15-9-7-14(22)8-10-15/h2-11,23H,12H2,1H3,(H,24,27). The first-order chi connectivity index (χ1) is 14.0. The lowest BCUT2D eigenvalue weighted by Crippen LogP contribution is -2.21. The SMILES string of the molecule is Cn1c(SCC(=O)Nc2ccc(Cl)cc2)nc2c(-c3ccccc3)c[nH]c2c1=O. The van der Waals surface area contributed by atoms with Gasteiger partial charge in [-0.05, 0) is 29.8 Å². The molecule has 4 rings (SSSR count). The van der Waals surface area contributed by atoms with Crippen molar-refractivity contribution in [2.75, 3.05) is 11.1 Å². The van der Waals surface area contributed by atoms with Crippen molar-refractivity contribution in [1.82, 2.24) is 14.5 Å². The molecule has 0 aliphatic rings. The Bertz CT molecular complexity index is 1230. The van der Waals surface area contributed by atoms with Crippen LogP contribution in [0.2, 0.25) is 5.02 Å². The maximum absolute atomic E-state index is 12.7. The molecule has 2 heterocycles. The average Bonchev–Trinajstić information content (AvgIpc) is 3.16. The molecule has 0 saturated carbocycles. The number of carbonyl (C=O) groups excluding carboxylic acids is 1. The summed E-state index contributed by atoms with van der Waals surface area (Å²) >= 11 is 7.07. The molecular formula is C21H17ClN4O2S. The molecule has 1 amide bonds. The Morgan fingerprint density at radius 3 is 2.62 bits per heavy atom. The Morgan fingerprint density at radius 2 is 1.90 bits per heavy atom. The van der Waals surface area contributed by atoms with E-state index in [4.69, 9.17) is 11.6 Å². The van der Waals surface area contributed by atoms with E-state index in [1.165, 1.54) is 16.3 Å². The van der Waals surface area contributed by atoms with Gasteiger partial charge in [0.1, 0.15) is 11.0 Å². The number of anilines is 1. The number of nitrogens with zero attached hydrogens (tertiary/aromatic N) is 2. The molecule has 4 aromatic rings. The third-order valence-corrected chi connectivity index (χ3v) is 5.69. The number of halogens is 1. The first-order valence-corrected chi connectivity index (χ1v) is 10.2. The van der Waals surface area contributed by atoms with Crippen LogP contribution in [0.4, 0.5) is 5.69 Å². The molecule has 146 valence electrons. The second-order valence-corrected chi connectivity index (χ2v) is 7.77. The van der Waals surface area contributed by atoms with E-state index in [0.717, 1.165) is 11.1 Å². The van der Waals surface area contributed by atoms with Crippen molar-refractivity contribution >= 4 is 46.0 Å². The summed E-state index contributed by atoms with van der Waals surface area (Å²) in [6.07, 6.45) is 1.79. The van der Waals surface area contributed by atoms with E-state index in [9.17, 15) is 9.59 Å². The van der Waals surface area contributed by atoms with Gasteiger partial charge in [0, 0.05) is 29.5 Å². The summed E-state index contributed by atoms with van der Waals surface area (Å²) in [5.74, 6) is -0.0662. The molecule has 0 atom stereocenters. The van der Waals surface area contributed by atoms with Gasteiger partial charge in [-0.2, -0.15) is 0 Å². The zero-order valence-corrected chi connectivity index (χ0v) is 17.1. The van der Waals surface area contributed by atoms with Gasteiger partial charge in [-0.1, -0.05) is 53.7 Å². The van der Waals surface area contributed by atoms with E-state index in [1.54, 1.807) is 37.5 Å². The van der Waals surface area contributed by atoms with E-state index >= 15 is 0 Å². The zero-order chi connectivity index (χ0) is 20.4. The second-order valence-electron chi connectivity index (χ2n) is 6.39. The van der Waals surface area contributed by atoms with Crippen LogP contribution in [-0.4, -0.2) is 26.2 Å². The topological polar surface area (TPSA) is 79.8 Å². The molecule has 0 aliphatic heterocycles. The quantitative estimate of drug-likeness (QED) is 0.369. The highest BCUT2D eigenvalue weighted by molar-refractivity contribution is 7.99. The van der Waals surface area contributed by atoms with Crippen LogP contribution in [-0.2, 0) is 11.8 Å². The van der Waals surface area contributed by atoms with Gasteiger partial charge in [0.15, 0.2) is 5.16 Å². The Balaban J connectivity index is 1.58. The number of carbonyl (C=O) groups is 1. The predicted octanol–water partition coefficient (Wildman–Crippen LogP) is 4.31. The van der Waals surface area contributed by atoms with E-state index in [0.29, 0.717) is 26.9 Å². The van der Waals surface area contributed by atoms with E-state index in [1.807, 2.05) is 30.3 Å². The third kappa shape index (κ3) is 4.06. The van der Waals surface area contributed by atoms with Crippen LogP contribution in [0, 0.1) is 0 Å². The lowest BCUT2D eigenvalue weighted by Gasteiger charge is -2.08. The molecule has 6 nitrogen and oxygen atoms in total. The molecule has 0 spiro atoms. The summed E-state index contributed by atoms with van der Waals surface area (Å²) in [7, 11) is 1.65. The summed E-state index contributed by atoms with van der Waals surface area (Å²) in [6, 6.07) is 16.6. The van der Waals surface area contributed by atoms with Gasteiger partial charge < -0.3 is 10.3 Å². The molecule has 0 radical (unpaired) electrons.